The zero-order chi connectivity index (χ0) is 19.2. The van der Waals surface area contributed by atoms with Gasteiger partial charge in [0.15, 0.2) is 10.9 Å². The molecule has 0 saturated carbocycles. The quantitative estimate of drug-likeness (QED) is 0.292. The van der Waals surface area contributed by atoms with E-state index in [1.54, 1.807) is 48.5 Å². The van der Waals surface area contributed by atoms with Crippen LogP contribution in [0.3, 0.4) is 0 Å². The summed E-state index contributed by atoms with van der Waals surface area (Å²) in [6.07, 6.45) is 0. The summed E-state index contributed by atoms with van der Waals surface area (Å²) < 4.78 is 0. The first kappa shape index (κ1) is 18.2. The van der Waals surface area contributed by atoms with Crippen molar-refractivity contribution in [2.75, 3.05) is 10.6 Å². The van der Waals surface area contributed by atoms with Gasteiger partial charge in [-0.15, -0.1) is 0 Å². The molecule has 0 spiro atoms. The zero-order valence-electron chi connectivity index (χ0n) is 14.1. The van der Waals surface area contributed by atoms with Crippen LogP contribution in [0.4, 0.5) is 17.1 Å². The Balaban J connectivity index is 1.75. The van der Waals surface area contributed by atoms with Crippen LogP contribution in [0.15, 0.2) is 78.9 Å². The molecular formula is C20H15N3O3S. The maximum absolute atomic E-state index is 12.7. The second kappa shape index (κ2) is 8.20. The molecule has 7 heteroatoms. The molecule has 134 valence electrons. The van der Waals surface area contributed by atoms with Crippen molar-refractivity contribution in [2.45, 2.75) is 0 Å². The van der Waals surface area contributed by atoms with Gasteiger partial charge in [0.25, 0.3) is 5.69 Å². The largest absolute Gasteiger partial charge is 0.332 e. The summed E-state index contributed by atoms with van der Waals surface area (Å²) in [6, 6.07) is 22.0. The molecule has 0 fully saturated rings. The number of nitro benzene ring substituents is 1. The van der Waals surface area contributed by atoms with Crippen molar-refractivity contribution in [1.29, 1.82) is 0 Å². The van der Waals surface area contributed by atoms with Crippen LogP contribution in [0, 0.1) is 10.1 Å². The molecule has 3 aromatic rings. The van der Waals surface area contributed by atoms with Gasteiger partial charge in [-0.05, 0) is 36.5 Å². The summed E-state index contributed by atoms with van der Waals surface area (Å²) in [6.45, 7) is 0. The molecule has 0 unspecified atom stereocenters. The van der Waals surface area contributed by atoms with E-state index in [9.17, 15) is 14.9 Å². The Morgan fingerprint density at radius 2 is 1.48 bits per heavy atom. The lowest BCUT2D eigenvalue weighted by Gasteiger charge is -2.13. The Labute approximate surface area is 161 Å². The number of benzene rings is 3. The molecule has 0 atom stereocenters. The summed E-state index contributed by atoms with van der Waals surface area (Å²) in [7, 11) is 0. The molecule has 0 saturated heterocycles. The third-order valence-corrected chi connectivity index (χ3v) is 4.00. The predicted octanol–water partition coefficient (Wildman–Crippen LogP) is 4.63. The summed E-state index contributed by atoms with van der Waals surface area (Å²) in [5, 5.41) is 16.9. The van der Waals surface area contributed by atoms with Crippen molar-refractivity contribution in [3.63, 3.8) is 0 Å². The lowest BCUT2D eigenvalue weighted by atomic mass is 10.0. The summed E-state index contributed by atoms with van der Waals surface area (Å²) in [5.41, 5.74) is 2.26. The minimum absolute atomic E-state index is 0.00164. The molecule has 0 bridgehead atoms. The van der Waals surface area contributed by atoms with Crippen LogP contribution in [0.1, 0.15) is 15.9 Å². The lowest BCUT2D eigenvalue weighted by Crippen LogP contribution is -2.20. The highest BCUT2D eigenvalue weighted by atomic mass is 32.1. The number of hydrogen-bond acceptors (Lipinski definition) is 4. The Morgan fingerprint density at radius 1 is 0.852 bits per heavy atom. The molecule has 0 aliphatic rings. The van der Waals surface area contributed by atoms with E-state index in [-0.39, 0.29) is 16.6 Å². The van der Waals surface area contributed by atoms with E-state index in [0.717, 1.165) is 0 Å². The highest BCUT2D eigenvalue weighted by Gasteiger charge is 2.14. The summed E-state index contributed by atoms with van der Waals surface area (Å²) >= 11 is 5.30. The van der Waals surface area contributed by atoms with Gasteiger partial charge >= 0.3 is 0 Å². The molecule has 2 N–H and O–H groups in total. The van der Waals surface area contributed by atoms with E-state index in [4.69, 9.17) is 12.2 Å². The summed E-state index contributed by atoms with van der Waals surface area (Å²) in [5.74, 6) is -0.114. The Bertz CT molecular complexity index is 989. The third kappa shape index (κ3) is 4.53. The van der Waals surface area contributed by atoms with Gasteiger partial charge in [0, 0.05) is 28.9 Å². The molecule has 0 radical (unpaired) electrons. The monoisotopic (exact) mass is 377 g/mol. The first-order valence-electron chi connectivity index (χ1n) is 8.06. The molecule has 6 nitrogen and oxygen atoms in total. The second-order valence-corrected chi connectivity index (χ2v) is 6.03. The van der Waals surface area contributed by atoms with E-state index in [0.29, 0.717) is 22.5 Å². The fourth-order valence-corrected chi connectivity index (χ4v) is 2.71. The molecule has 3 rings (SSSR count). The normalized spacial score (nSPS) is 10.1. The van der Waals surface area contributed by atoms with Crippen molar-refractivity contribution in [3.05, 3.63) is 100 Å². The Hall–Kier alpha value is -3.58. The molecule has 0 aromatic heterocycles. The minimum atomic E-state index is -0.466. The third-order valence-electron chi connectivity index (χ3n) is 3.79. The van der Waals surface area contributed by atoms with Crippen LogP contribution in [0.2, 0.25) is 0 Å². The minimum Gasteiger partial charge on any atom is -0.332 e. The molecule has 0 amide bonds. The van der Waals surface area contributed by atoms with Crippen LogP contribution in [-0.2, 0) is 0 Å². The number of carbonyl (C=O) groups is 1. The van der Waals surface area contributed by atoms with Gasteiger partial charge in [-0.3, -0.25) is 14.9 Å². The van der Waals surface area contributed by atoms with Crippen LogP contribution >= 0.6 is 12.2 Å². The lowest BCUT2D eigenvalue weighted by molar-refractivity contribution is -0.384. The van der Waals surface area contributed by atoms with E-state index in [1.165, 1.54) is 12.1 Å². The molecule has 3 aromatic carbocycles. The molecule has 0 heterocycles. The number of nitrogens with one attached hydrogen (secondary N) is 2. The fourth-order valence-electron chi connectivity index (χ4n) is 2.49. The van der Waals surface area contributed by atoms with Gasteiger partial charge in [-0.1, -0.05) is 42.5 Å². The van der Waals surface area contributed by atoms with Crippen LogP contribution < -0.4 is 10.6 Å². The number of nitrogens with zero attached hydrogens (tertiary/aromatic N) is 1. The number of nitro groups is 1. The van der Waals surface area contributed by atoms with Gasteiger partial charge < -0.3 is 10.6 Å². The molecule has 0 aliphatic heterocycles. The van der Waals surface area contributed by atoms with Crippen molar-refractivity contribution < 1.29 is 9.72 Å². The maximum atomic E-state index is 12.7. The van der Waals surface area contributed by atoms with Crippen LogP contribution in [-0.4, -0.2) is 15.8 Å². The first-order valence-corrected chi connectivity index (χ1v) is 8.46. The SMILES string of the molecule is O=C(c1ccccc1)c1ccccc1NC(=S)Nc1ccc([N+](=O)[O-])cc1. The van der Waals surface area contributed by atoms with E-state index < -0.39 is 4.92 Å². The fraction of sp³-hybridized carbons (Fsp3) is 0. The highest BCUT2D eigenvalue weighted by molar-refractivity contribution is 7.80. The van der Waals surface area contributed by atoms with Crippen LogP contribution in [0.5, 0.6) is 0 Å². The van der Waals surface area contributed by atoms with Crippen molar-refractivity contribution in [2.24, 2.45) is 0 Å². The number of carbonyl (C=O) groups excluding carboxylic acids is 1. The Morgan fingerprint density at radius 3 is 2.15 bits per heavy atom. The number of anilines is 2. The number of ketones is 1. The van der Waals surface area contributed by atoms with Crippen molar-refractivity contribution in [1.82, 2.24) is 0 Å². The van der Waals surface area contributed by atoms with Crippen LogP contribution in [0.25, 0.3) is 0 Å². The second-order valence-electron chi connectivity index (χ2n) is 5.62. The topological polar surface area (TPSA) is 84.3 Å². The number of para-hydroxylation sites is 1. The number of thiocarbonyl (C=S) groups is 1. The number of rotatable bonds is 5. The van der Waals surface area contributed by atoms with Gasteiger partial charge in [-0.25, -0.2) is 0 Å². The van der Waals surface area contributed by atoms with Gasteiger partial charge in [0.2, 0.25) is 0 Å². The highest BCUT2D eigenvalue weighted by Crippen LogP contribution is 2.20. The first-order chi connectivity index (χ1) is 13.0. The van der Waals surface area contributed by atoms with E-state index >= 15 is 0 Å². The summed E-state index contributed by atoms with van der Waals surface area (Å²) in [4.78, 5) is 23.0. The van der Waals surface area contributed by atoms with Gasteiger partial charge in [0.05, 0.1) is 10.6 Å². The Kier molecular flexibility index (Phi) is 5.53. The molecule has 27 heavy (non-hydrogen) atoms. The number of hydrogen-bond donors (Lipinski definition) is 2. The average Bonchev–Trinajstić information content (AvgIpc) is 2.69. The standard InChI is InChI=1S/C20H15N3O3S/c24-19(14-6-2-1-3-7-14)17-8-4-5-9-18(17)22-20(27)21-15-10-12-16(13-11-15)23(25)26/h1-13H,(H2,21,22,27). The van der Waals surface area contributed by atoms with Crippen molar-refractivity contribution >= 4 is 40.2 Å². The smallest absolute Gasteiger partial charge is 0.269 e. The van der Waals surface area contributed by atoms with Crippen molar-refractivity contribution in [3.8, 4) is 0 Å². The van der Waals surface area contributed by atoms with E-state index in [1.807, 2.05) is 18.2 Å². The average molecular weight is 377 g/mol. The maximum Gasteiger partial charge on any atom is 0.269 e. The molecule has 0 aliphatic carbocycles. The predicted molar refractivity (Wildman–Crippen MR) is 109 cm³/mol. The van der Waals surface area contributed by atoms with Gasteiger partial charge in [0.1, 0.15) is 0 Å². The van der Waals surface area contributed by atoms with E-state index in [2.05, 4.69) is 10.6 Å². The molecular weight excluding hydrogens is 362 g/mol. The zero-order valence-corrected chi connectivity index (χ0v) is 14.9. The van der Waals surface area contributed by atoms with Gasteiger partial charge in [-0.2, -0.15) is 0 Å². The number of non-ortho nitro benzene ring substituents is 1.